The van der Waals surface area contributed by atoms with Crippen molar-refractivity contribution in [2.75, 3.05) is 0 Å². The normalized spacial score (nSPS) is 22.1. The number of rotatable bonds is 4. The molecule has 1 aromatic heterocycles. The van der Waals surface area contributed by atoms with Crippen LogP contribution in [0.25, 0.3) is 0 Å². The van der Waals surface area contributed by atoms with Crippen molar-refractivity contribution in [1.82, 2.24) is 10.3 Å². The quantitative estimate of drug-likeness (QED) is 0.451. The number of ketones is 1. The van der Waals surface area contributed by atoms with Crippen molar-refractivity contribution < 1.29 is 24.4 Å². The molecular weight excluding hydrogens is 438 g/mol. The van der Waals surface area contributed by atoms with Crippen LogP contribution < -0.4 is 10.1 Å². The monoisotopic (exact) mass is 459 g/mol. The second-order valence-electron chi connectivity index (χ2n) is 8.90. The third-order valence-corrected chi connectivity index (χ3v) is 6.45. The van der Waals surface area contributed by atoms with E-state index in [0.717, 1.165) is 11.1 Å². The summed E-state index contributed by atoms with van der Waals surface area (Å²) in [4.78, 5) is 42.3. The molecule has 9 nitrogen and oxygen atoms in total. The van der Waals surface area contributed by atoms with Crippen LogP contribution in [-0.2, 0) is 11.3 Å². The number of hydrogen-bond donors (Lipinski definition) is 2. The number of benzene rings is 2. The molecule has 2 heterocycles. The smallest absolute Gasteiger partial charge is 0.280 e. The summed E-state index contributed by atoms with van der Waals surface area (Å²) in [7, 11) is 0. The van der Waals surface area contributed by atoms with Crippen molar-refractivity contribution in [2.24, 2.45) is 0 Å². The fourth-order valence-electron chi connectivity index (χ4n) is 4.77. The van der Waals surface area contributed by atoms with Gasteiger partial charge in [-0.3, -0.25) is 24.7 Å². The third kappa shape index (κ3) is 2.73. The number of hydrogen-bond acceptors (Lipinski definition) is 7. The molecule has 2 aromatic carbocycles. The first-order valence-corrected chi connectivity index (χ1v) is 10.7. The van der Waals surface area contributed by atoms with E-state index in [1.54, 1.807) is 37.4 Å². The highest BCUT2D eigenvalue weighted by atomic mass is 16.6. The largest absolute Gasteiger partial charge is 0.454 e. The summed E-state index contributed by atoms with van der Waals surface area (Å²) < 4.78 is 5.99. The number of carbonyl (C=O) groups excluding carboxylic acids is 2. The molecule has 0 radical (unpaired) electrons. The molecule has 2 aliphatic rings. The molecule has 172 valence electrons. The fourth-order valence-corrected chi connectivity index (χ4v) is 4.77. The molecule has 0 spiro atoms. The Hall–Kier alpha value is -4.11. The third-order valence-electron chi connectivity index (χ3n) is 6.45. The number of aromatic nitrogens is 1. The van der Waals surface area contributed by atoms with Crippen LogP contribution in [0, 0.1) is 17.0 Å². The van der Waals surface area contributed by atoms with E-state index in [9.17, 15) is 24.8 Å². The van der Waals surface area contributed by atoms with E-state index in [2.05, 4.69) is 10.3 Å². The Balaban J connectivity index is 1.76. The summed E-state index contributed by atoms with van der Waals surface area (Å²) in [6.45, 7) is 5.73. The number of nitro groups is 1. The maximum atomic E-state index is 14.0. The summed E-state index contributed by atoms with van der Waals surface area (Å²) in [6.07, 6.45) is 2.92. The molecule has 5 rings (SSSR count). The molecule has 2 unspecified atom stereocenters. The fraction of sp³-hybridized carbons (Fsp3) is 0.240. The topological polar surface area (TPSA) is 132 Å². The van der Waals surface area contributed by atoms with Gasteiger partial charge >= 0.3 is 0 Å². The number of aryl methyl sites for hydroxylation is 1. The van der Waals surface area contributed by atoms with Gasteiger partial charge in [0.1, 0.15) is 11.3 Å². The lowest BCUT2D eigenvalue weighted by Gasteiger charge is -2.34. The summed E-state index contributed by atoms with van der Waals surface area (Å²) in [5, 5.41) is 26.3. The van der Waals surface area contributed by atoms with Crippen molar-refractivity contribution in [2.45, 2.75) is 38.0 Å². The summed E-state index contributed by atoms with van der Waals surface area (Å²) in [5.41, 5.74) is -0.938. The van der Waals surface area contributed by atoms with Crippen LogP contribution in [-0.4, -0.2) is 26.7 Å². The lowest BCUT2D eigenvalue weighted by atomic mass is 9.82. The number of pyridine rings is 1. The van der Waals surface area contributed by atoms with Crippen molar-refractivity contribution >= 4 is 17.4 Å². The van der Waals surface area contributed by atoms with Gasteiger partial charge in [0.15, 0.2) is 0 Å². The molecule has 34 heavy (non-hydrogen) atoms. The predicted molar refractivity (Wildman–Crippen MR) is 121 cm³/mol. The Labute approximate surface area is 194 Å². The molecular formula is C25H21N3O6. The lowest BCUT2D eigenvalue weighted by molar-refractivity contribution is -0.385. The van der Waals surface area contributed by atoms with Crippen LogP contribution in [0.3, 0.4) is 0 Å². The Kier molecular flexibility index (Phi) is 4.60. The van der Waals surface area contributed by atoms with Gasteiger partial charge in [0.05, 0.1) is 10.5 Å². The van der Waals surface area contributed by atoms with E-state index in [4.69, 9.17) is 4.74 Å². The number of aliphatic hydroxyl groups is 1. The predicted octanol–water partition coefficient (Wildman–Crippen LogP) is 3.48. The first-order valence-electron chi connectivity index (χ1n) is 10.7. The molecule has 2 atom stereocenters. The van der Waals surface area contributed by atoms with Crippen LogP contribution in [0.15, 0.2) is 54.9 Å². The number of nitro benzene ring substituents is 1. The van der Waals surface area contributed by atoms with E-state index in [0.29, 0.717) is 0 Å². The molecule has 1 amide bonds. The number of carbonyl (C=O) groups is 2. The van der Waals surface area contributed by atoms with Gasteiger partial charge in [-0.1, -0.05) is 38.1 Å². The van der Waals surface area contributed by atoms with Gasteiger partial charge in [-0.2, -0.15) is 0 Å². The van der Waals surface area contributed by atoms with E-state index >= 15 is 0 Å². The molecule has 9 heteroatoms. The number of ether oxygens (including phenoxy) is 1. The highest BCUT2D eigenvalue weighted by molar-refractivity contribution is 6.15. The zero-order valence-electron chi connectivity index (χ0n) is 18.7. The Bertz CT molecular complexity index is 1400. The van der Waals surface area contributed by atoms with E-state index < -0.39 is 33.6 Å². The summed E-state index contributed by atoms with van der Waals surface area (Å²) in [5.74, 6) is -3.51. The van der Waals surface area contributed by atoms with Crippen molar-refractivity contribution in [3.05, 3.63) is 98.4 Å². The standard InChI is InChI=1S/C25H21N3O6/c1-13(2)15-7-8-17-20(10-15)34-25(31)18-5-4-6-19(28(32)33)21(18)22(29)24(17,25)27-23(30)16-9-14(3)11-26-12-16/h4-13,31H,1-3H3,(H,27,30). The molecule has 1 aliphatic heterocycles. The second-order valence-corrected chi connectivity index (χ2v) is 8.90. The molecule has 0 bridgehead atoms. The highest BCUT2D eigenvalue weighted by Crippen LogP contribution is 2.59. The number of nitrogens with zero attached hydrogens (tertiary/aromatic N) is 2. The first-order chi connectivity index (χ1) is 16.1. The average molecular weight is 459 g/mol. The molecule has 0 saturated heterocycles. The molecule has 0 fully saturated rings. The molecule has 1 aliphatic carbocycles. The van der Waals surface area contributed by atoms with E-state index in [1.165, 1.54) is 24.4 Å². The van der Waals surface area contributed by atoms with Crippen LogP contribution >= 0.6 is 0 Å². The van der Waals surface area contributed by atoms with Crippen LogP contribution in [0.5, 0.6) is 5.75 Å². The van der Waals surface area contributed by atoms with Crippen molar-refractivity contribution in [1.29, 1.82) is 0 Å². The summed E-state index contributed by atoms with van der Waals surface area (Å²) >= 11 is 0. The van der Waals surface area contributed by atoms with Gasteiger partial charge in [0.25, 0.3) is 17.4 Å². The SMILES string of the molecule is Cc1cncc(C(=O)NC23C(=O)c4c([N+](=O)[O-])cccc4C2(O)Oc2cc(C(C)C)ccc23)c1. The van der Waals surface area contributed by atoms with Gasteiger partial charge in [-0.05, 0) is 36.1 Å². The second kappa shape index (κ2) is 7.19. The number of fused-ring (bicyclic) bond motifs is 5. The number of Topliss-reactive ketones (excluding diaryl/α,β-unsaturated/α-hetero) is 1. The average Bonchev–Trinajstić information content (AvgIpc) is 3.15. The maximum Gasteiger partial charge on any atom is 0.280 e. The van der Waals surface area contributed by atoms with Gasteiger partial charge in [0, 0.05) is 29.6 Å². The minimum Gasteiger partial charge on any atom is -0.454 e. The first kappa shape index (κ1) is 21.7. The Morgan fingerprint density at radius 1 is 1.18 bits per heavy atom. The summed E-state index contributed by atoms with van der Waals surface area (Å²) in [6, 6.07) is 10.7. The van der Waals surface area contributed by atoms with Gasteiger partial charge in [0.2, 0.25) is 11.3 Å². The Morgan fingerprint density at radius 2 is 1.94 bits per heavy atom. The molecule has 3 aromatic rings. The zero-order valence-corrected chi connectivity index (χ0v) is 18.7. The maximum absolute atomic E-state index is 14.0. The van der Waals surface area contributed by atoms with Crippen molar-refractivity contribution in [3.8, 4) is 5.75 Å². The number of amides is 1. The van der Waals surface area contributed by atoms with Gasteiger partial charge in [-0.25, -0.2) is 0 Å². The van der Waals surface area contributed by atoms with Gasteiger partial charge in [-0.15, -0.1) is 0 Å². The van der Waals surface area contributed by atoms with Crippen molar-refractivity contribution in [3.63, 3.8) is 0 Å². The minimum atomic E-state index is -2.38. The van der Waals surface area contributed by atoms with E-state index in [-0.39, 0.29) is 33.9 Å². The van der Waals surface area contributed by atoms with Crippen LogP contribution in [0.2, 0.25) is 0 Å². The highest BCUT2D eigenvalue weighted by Gasteiger charge is 2.73. The van der Waals surface area contributed by atoms with Crippen LogP contribution in [0.1, 0.15) is 62.7 Å². The minimum absolute atomic E-state index is 0.0725. The molecule has 2 N–H and O–H groups in total. The van der Waals surface area contributed by atoms with Crippen LogP contribution in [0.4, 0.5) is 5.69 Å². The lowest BCUT2D eigenvalue weighted by Crippen LogP contribution is -2.60. The van der Waals surface area contributed by atoms with Gasteiger partial charge < -0.3 is 15.2 Å². The number of nitrogens with one attached hydrogen (secondary N) is 1. The van der Waals surface area contributed by atoms with E-state index in [1.807, 2.05) is 13.8 Å². The Morgan fingerprint density at radius 3 is 2.62 bits per heavy atom. The molecule has 0 saturated carbocycles. The zero-order chi connectivity index (χ0) is 24.4.